The second-order valence-corrected chi connectivity index (χ2v) is 7.06. The molecule has 3 aromatic heterocycles. The minimum absolute atomic E-state index is 0.812. The Morgan fingerprint density at radius 1 is 0.633 bits per heavy atom. The van der Waals surface area contributed by atoms with Crippen LogP contribution in [0.3, 0.4) is 0 Å². The highest BCUT2D eigenvalue weighted by Crippen LogP contribution is 2.40. The summed E-state index contributed by atoms with van der Waals surface area (Å²) in [5.41, 5.74) is 9.11. The molecule has 4 heterocycles. The van der Waals surface area contributed by atoms with Gasteiger partial charge in [0.1, 0.15) is 0 Å². The number of dihydropyridines is 1. The van der Waals surface area contributed by atoms with Crippen molar-refractivity contribution in [3.8, 4) is 33.4 Å². The Hall–Kier alpha value is -4.05. The number of aromatic nitrogens is 3. The third kappa shape index (κ3) is 3.51. The summed E-state index contributed by atoms with van der Waals surface area (Å²) in [6.45, 7) is 0.812. The quantitative estimate of drug-likeness (QED) is 0.510. The number of pyridine rings is 3. The van der Waals surface area contributed by atoms with E-state index in [0.29, 0.717) is 0 Å². The molecule has 1 N–H and O–H groups in total. The number of nitrogens with one attached hydrogen (secondary N) is 1. The van der Waals surface area contributed by atoms with Crippen molar-refractivity contribution in [3.05, 3.63) is 110 Å². The highest BCUT2D eigenvalue weighted by molar-refractivity contribution is 5.94. The van der Waals surface area contributed by atoms with E-state index in [1.807, 2.05) is 55.3 Å². The van der Waals surface area contributed by atoms with Gasteiger partial charge in [0.15, 0.2) is 0 Å². The van der Waals surface area contributed by atoms with Crippen LogP contribution in [0.4, 0.5) is 0 Å². The van der Waals surface area contributed by atoms with Crippen LogP contribution in [0.1, 0.15) is 5.56 Å². The lowest BCUT2D eigenvalue weighted by atomic mass is 9.86. The van der Waals surface area contributed by atoms with Gasteiger partial charge in [-0.1, -0.05) is 18.2 Å². The second-order valence-electron chi connectivity index (χ2n) is 7.06. The van der Waals surface area contributed by atoms with Gasteiger partial charge in [0.25, 0.3) is 0 Å². The molecule has 0 fully saturated rings. The Kier molecular flexibility index (Phi) is 4.88. The Balaban J connectivity index is 1.82. The standard InChI is InChI=1S/C26H20N4/c1-3-21(17-29-9-1)25-15-24(20-7-13-28-14-8-20)26(22-4-2-10-30-18-22)16-23(25)19-5-11-27-12-6-19/h1-13,15-18,28H,14H2. The molecule has 1 aliphatic heterocycles. The van der Waals surface area contributed by atoms with Crippen LogP contribution in [0, 0.1) is 0 Å². The molecular weight excluding hydrogens is 368 g/mol. The van der Waals surface area contributed by atoms with Gasteiger partial charge < -0.3 is 5.32 Å². The molecule has 1 aliphatic rings. The third-order valence-corrected chi connectivity index (χ3v) is 5.23. The Morgan fingerprint density at radius 3 is 1.87 bits per heavy atom. The van der Waals surface area contributed by atoms with Crippen molar-refractivity contribution in [2.45, 2.75) is 0 Å². The first-order chi connectivity index (χ1) is 14.9. The van der Waals surface area contributed by atoms with Crippen molar-refractivity contribution >= 4 is 5.57 Å². The summed E-state index contributed by atoms with van der Waals surface area (Å²) in [7, 11) is 0. The fourth-order valence-corrected chi connectivity index (χ4v) is 3.78. The molecule has 0 saturated carbocycles. The van der Waals surface area contributed by atoms with Crippen molar-refractivity contribution in [2.75, 3.05) is 6.54 Å². The highest BCUT2D eigenvalue weighted by Gasteiger charge is 2.17. The first-order valence-corrected chi connectivity index (χ1v) is 9.90. The summed E-state index contributed by atoms with van der Waals surface area (Å²) in [6.07, 6.45) is 17.5. The van der Waals surface area contributed by atoms with Gasteiger partial charge in [-0.2, -0.15) is 0 Å². The second kappa shape index (κ2) is 8.13. The molecule has 0 spiro atoms. The van der Waals surface area contributed by atoms with Gasteiger partial charge in [0.2, 0.25) is 0 Å². The molecule has 0 saturated heterocycles. The Labute approximate surface area is 175 Å². The zero-order chi connectivity index (χ0) is 20.2. The van der Waals surface area contributed by atoms with Gasteiger partial charge in [0.05, 0.1) is 0 Å². The fourth-order valence-electron chi connectivity index (χ4n) is 3.78. The van der Waals surface area contributed by atoms with Gasteiger partial charge in [-0.3, -0.25) is 15.0 Å². The summed E-state index contributed by atoms with van der Waals surface area (Å²) in [5.74, 6) is 0. The number of hydrogen-bond donors (Lipinski definition) is 1. The molecule has 0 atom stereocenters. The van der Waals surface area contributed by atoms with Crippen LogP contribution in [-0.4, -0.2) is 21.5 Å². The average molecular weight is 388 g/mol. The molecule has 144 valence electrons. The van der Waals surface area contributed by atoms with E-state index in [9.17, 15) is 0 Å². The van der Waals surface area contributed by atoms with E-state index in [2.05, 4.69) is 56.7 Å². The molecule has 0 radical (unpaired) electrons. The van der Waals surface area contributed by atoms with Crippen LogP contribution >= 0.6 is 0 Å². The molecule has 0 amide bonds. The zero-order valence-corrected chi connectivity index (χ0v) is 16.4. The van der Waals surface area contributed by atoms with Crippen LogP contribution in [0.25, 0.3) is 39.0 Å². The number of rotatable bonds is 4. The van der Waals surface area contributed by atoms with Crippen molar-refractivity contribution in [1.29, 1.82) is 0 Å². The van der Waals surface area contributed by atoms with Crippen LogP contribution < -0.4 is 5.32 Å². The van der Waals surface area contributed by atoms with Crippen molar-refractivity contribution in [3.63, 3.8) is 0 Å². The molecule has 1 aromatic carbocycles. The Bertz CT molecular complexity index is 1210. The van der Waals surface area contributed by atoms with E-state index in [0.717, 1.165) is 39.9 Å². The van der Waals surface area contributed by atoms with Gasteiger partial charge in [-0.15, -0.1) is 0 Å². The maximum atomic E-state index is 4.36. The smallest absolute Gasteiger partial charge is 0.0346 e. The molecule has 0 unspecified atom stereocenters. The lowest BCUT2D eigenvalue weighted by molar-refractivity contribution is 0.976. The lowest BCUT2D eigenvalue weighted by Crippen LogP contribution is -2.08. The van der Waals surface area contributed by atoms with E-state index in [4.69, 9.17) is 0 Å². The predicted molar refractivity (Wildman–Crippen MR) is 121 cm³/mol. The summed E-state index contributed by atoms with van der Waals surface area (Å²) >= 11 is 0. The molecule has 0 aliphatic carbocycles. The minimum Gasteiger partial charge on any atom is -0.387 e. The van der Waals surface area contributed by atoms with E-state index < -0.39 is 0 Å². The summed E-state index contributed by atoms with van der Waals surface area (Å²) in [6, 6.07) is 16.8. The first kappa shape index (κ1) is 18.0. The molecular formula is C26H20N4. The summed E-state index contributed by atoms with van der Waals surface area (Å²) < 4.78 is 0. The van der Waals surface area contributed by atoms with Crippen LogP contribution in [0.2, 0.25) is 0 Å². The monoisotopic (exact) mass is 388 g/mol. The third-order valence-electron chi connectivity index (χ3n) is 5.23. The number of nitrogens with zero attached hydrogens (tertiary/aromatic N) is 3. The average Bonchev–Trinajstić information content (AvgIpc) is 2.85. The molecule has 0 bridgehead atoms. The maximum Gasteiger partial charge on any atom is 0.0346 e. The normalized spacial score (nSPS) is 12.9. The van der Waals surface area contributed by atoms with Gasteiger partial charge >= 0.3 is 0 Å². The fraction of sp³-hybridized carbons (Fsp3) is 0.0385. The van der Waals surface area contributed by atoms with Crippen LogP contribution in [0.15, 0.2) is 104 Å². The Morgan fingerprint density at radius 2 is 1.27 bits per heavy atom. The summed E-state index contributed by atoms with van der Waals surface area (Å²) in [4.78, 5) is 12.9. The lowest BCUT2D eigenvalue weighted by Gasteiger charge is -2.19. The van der Waals surface area contributed by atoms with E-state index in [1.165, 1.54) is 11.1 Å². The number of benzene rings is 1. The van der Waals surface area contributed by atoms with Crippen molar-refractivity contribution in [1.82, 2.24) is 20.3 Å². The van der Waals surface area contributed by atoms with E-state index in [1.54, 1.807) is 12.4 Å². The van der Waals surface area contributed by atoms with E-state index >= 15 is 0 Å². The van der Waals surface area contributed by atoms with E-state index in [-0.39, 0.29) is 0 Å². The molecule has 30 heavy (non-hydrogen) atoms. The van der Waals surface area contributed by atoms with Crippen LogP contribution in [0.5, 0.6) is 0 Å². The SMILES string of the molecule is C1=CC(c2cc(-c3cccnc3)c(-c3ccncc3)cc2-c2cccnc2)=CCN1. The van der Waals surface area contributed by atoms with Crippen LogP contribution in [-0.2, 0) is 0 Å². The van der Waals surface area contributed by atoms with Crippen molar-refractivity contribution in [2.24, 2.45) is 0 Å². The maximum absolute atomic E-state index is 4.36. The first-order valence-electron chi connectivity index (χ1n) is 9.90. The molecule has 5 rings (SSSR count). The molecule has 4 nitrogen and oxygen atoms in total. The summed E-state index contributed by atoms with van der Waals surface area (Å²) in [5, 5.41) is 3.24. The zero-order valence-electron chi connectivity index (χ0n) is 16.4. The minimum atomic E-state index is 0.812. The highest BCUT2D eigenvalue weighted by atomic mass is 14.8. The predicted octanol–water partition coefficient (Wildman–Crippen LogP) is 5.37. The number of allylic oxidation sites excluding steroid dienone is 2. The van der Waals surface area contributed by atoms with Crippen molar-refractivity contribution < 1.29 is 0 Å². The van der Waals surface area contributed by atoms with Gasteiger partial charge in [-0.25, -0.2) is 0 Å². The largest absolute Gasteiger partial charge is 0.387 e. The van der Waals surface area contributed by atoms with Gasteiger partial charge in [0, 0.05) is 54.9 Å². The molecule has 4 heteroatoms. The molecule has 4 aromatic rings. The van der Waals surface area contributed by atoms with Gasteiger partial charge in [-0.05, 0) is 82.1 Å². The number of hydrogen-bond acceptors (Lipinski definition) is 4. The topological polar surface area (TPSA) is 50.7 Å².